The summed E-state index contributed by atoms with van der Waals surface area (Å²) in [5.74, 6) is -1.35. The SMILES string of the molecule is Cc1cc(NC(=O)c2ccco2)sc1C(=O)OC(C)C(=O)Nc1c(C)nn(C)c1C. The lowest BCUT2D eigenvalue weighted by Gasteiger charge is -2.13. The van der Waals surface area contributed by atoms with Crippen molar-refractivity contribution in [1.82, 2.24) is 9.78 Å². The quantitative estimate of drug-likeness (QED) is 0.579. The van der Waals surface area contributed by atoms with E-state index in [1.165, 1.54) is 19.3 Å². The Bertz CT molecular complexity index is 1100. The van der Waals surface area contributed by atoms with Crippen LogP contribution in [0.3, 0.4) is 0 Å². The second-order valence-electron chi connectivity index (χ2n) is 6.76. The average molecular weight is 430 g/mol. The van der Waals surface area contributed by atoms with Gasteiger partial charge in [0.1, 0.15) is 4.88 Å². The van der Waals surface area contributed by atoms with Crippen molar-refractivity contribution in [1.29, 1.82) is 0 Å². The van der Waals surface area contributed by atoms with Crippen LogP contribution in [-0.4, -0.2) is 33.7 Å². The molecular formula is C20H22N4O5S. The average Bonchev–Trinajstić information content (AvgIpc) is 3.39. The molecule has 2 N–H and O–H groups in total. The minimum absolute atomic E-state index is 0.163. The number of anilines is 2. The van der Waals surface area contributed by atoms with Gasteiger partial charge in [0.2, 0.25) is 0 Å². The number of thiophene rings is 1. The number of rotatable bonds is 6. The monoisotopic (exact) mass is 430 g/mol. The van der Waals surface area contributed by atoms with Gasteiger partial charge in [-0.1, -0.05) is 0 Å². The normalized spacial score (nSPS) is 11.8. The number of hydrogen-bond acceptors (Lipinski definition) is 7. The van der Waals surface area contributed by atoms with Crippen LogP contribution in [0.25, 0.3) is 0 Å². The lowest BCUT2D eigenvalue weighted by Crippen LogP contribution is -2.30. The Balaban J connectivity index is 1.64. The van der Waals surface area contributed by atoms with Gasteiger partial charge in [0.15, 0.2) is 11.9 Å². The molecular weight excluding hydrogens is 408 g/mol. The zero-order chi connectivity index (χ0) is 22.0. The summed E-state index contributed by atoms with van der Waals surface area (Å²) in [5.41, 5.74) is 2.70. The number of hydrogen-bond donors (Lipinski definition) is 2. The van der Waals surface area contributed by atoms with Crippen molar-refractivity contribution in [3.63, 3.8) is 0 Å². The van der Waals surface area contributed by atoms with Crippen LogP contribution in [0.5, 0.6) is 0 Å². The molecule has 9 nitrogen and oxygen atoms in total. The van der Waals surface area contributed by atoms with Crippen LogP contribution in [0.4, 0.5) is 10.7 Å². The largest absolute Gasteiger partial charge is 0.459 e. The second-order valence-corrected chi connectivity index (χ2v) is 7.81. The van der Waals surface area contributed by atoms with Crippen LogP contribution < -0.4 is 10.6 Å². The van der Waals surface area contributed by atoms with E-state index in [2.05, 4.69) is 15.7 Å². The number of aryl methyl sites for hydroxylation is 3. The third-order valence-electron chi connectivity index (χ3n) is 4.50. The Kier molecular flexibility index (Phi) is 6.06. The molecule has 30 heavy (non-hydrogen) atoms. The molecule has 0 saturated heterocycles. The van der Waals surface area contributed by atoms with E-state index in [1.54, 1.807) is 37.7 Å². The highest BCUT2D eigenvalue weighted by Gasteiger charge is 2.24. The number of ether oxygens (including phenoxy) is 1. The molecule has 0 radical (unpaired) electrons. The molecule has 1 unspecified atom stereocenters. The Morgan fingerprint density at radius 1 is 1.23 bits per heavy atom. The first-order valence-electron chi connectivity index (χ1n) is 9.14. The first-order chi connectivity index (χ1) is 14.2. The summed E-state index contributed by atoms with van der Waals surface area (Å²) < 4.78 is 12.0. The summed E-state index contributed by atoms with van der Waals surface area (Å²) >= 11 is 1.07. The summed E-state index contributed by atoms with van der Waals surface area (Å²) in [6.45, 7) is 6.84. The third-order valence-corrected chi connectivity index (χ3v) is 5.63. The van der Waals surface area contributed by atoms with Crippen molar-refractivity contribution < 1.29 is 23.5 Å². The van der Waals surface area contributed by atoms with Gasteiger partial charge in [0, 0.05) is 7.05 Å². The highest BCUT2D eigenvalue weighted by Crippen LogP contribution is 2.28. The maximum atomic E-state index is 12.6. The fraction of sp³-hybridized carbons (Fsp3) is 0.300. The van der Waals surface area contributed by atoms with Gasteiger partial charge in [-0.15, -0.1) is 11.3 Å². The molecule has 0 fully saturated rings. The van der Waals surface area contributed by atoms with Gasteiger partial charge >= 0.3 is 5.97 Å². The van der Waals surface area contributed by atoms with Crippen LogP contribution in [0.15, 0.2) is 28.9 Å². The van der Waals surface area contributed by atoms with Crippen molar-refractivity contribution in [2.45, 2.75) is 33.8 Å². The molecule has 10 heteroatoms. The van der Waals surface area contributed by atoms with Crippen LogP contribution in [0, 0.1) is 20.8 Å². The number of nitrogens with one attached hydrogen (secondary N) is 2. The van der Waals surface area contributed by atoms with Gasteiger partial charge in [-0.3, -0.25) is 14.3 Å². The van der Waals surface area contributed by atoms with E-state index in [4.69, 9.17) is 9.15 Å². The van der Waals surface area contributed by atoms with Crippen molar-refractivity contribution in [2.24, 2.45) is 7.05 Å². The fourth-order valence-electron chi connectivity index (χ4n) is 2.77. The van der Waals surface area contributed by atoms with Gasteiger partial charge in [-0.25, -0.2) is 4.79 Å². The molecule has 0 aliphatic heterocycles. The maximum Gasteiger partial charge on any atom is 0.349 e. The summed E-state index contributed by atoms with van der Waals surface area (Å²) in [5, 5.41) is 10.1. The Morgan fingerprint density at radius 3 is 2.57 bits per heavy atom. The van der Waals surface area contributed by atoms with Gasteiger partial charge in [0.25, 0.3) is 11.8 Å². The van der Waals surface area contributed by atoms with E-state index < -0.39 is 23.9 Å². The number of carbonyl (C=O) groups excluding carboxylic acids is 3. The Labute approximate surface area is 177 Å². The van der Waals surface area contributed by atoms with E-state index in [-0.39, 0.29) is 5.76 Å². The molecule has 3 aromatic heterocycles. The number of amides is 2. The first kappa shape index (κ1) is 21.3. The smallest absolute Gasteiger partial charge is 0.349 e. The Morgan fingerprint density at radius 2 is 1.97 bits per heavy atom. The lowest BCUT2D eigenvalue weighted by atomic mass is 10.2. The van der Waals surface area contributed by atoms with E-state index >= 15 is 0 Å². The molecule has 0 aliphatic rings. The molecule has 0 saturated carbocycles. The van der Waals surface area contributed by atoms with E-state index in [0.29, 0.717) is 26.8 Å². The summed E-state index contributed by atoms with van der Waals surface area (Å²) in [4.78, 5) is 37.4. The van der Waals surface area contributed by atoms with E-state index in [1.807, 2.05) is 6.92 Å². The summed E-state index contributed by atoms with van der Waals surface area (Å²) in [7, 11) is 1.78. The van der Waals surface area contributed by atoms with Gasteiger partial charge in [-0.2, -0.15) is 5.10 Å². The summed E-state index contributed by atoms with van der Waals surface area (Å²) in [6, 6.07) is 4.81. The van der Waals surface area contributed by atoms with E-state index in [0.717, 1.165) is 17.0 Å². The highest BCUT2D eigenvalue weighted by molar-refractivity contribution is 7.18. The van der Waals surface area contributed by atoms with E-state index in [9.17, 15) is 14.4 Å². The molecule has 3 rings (SSSR count). The fourth-order valence-corrected chi connectivity index (χ4v) is 3.73. The number of nitrogens with zero attached hydrogens (tertiary/aromatic N) is 2. The predicted molar refractivity (Wildman–Crippen MR) is 112 cm³/mol. The summed E-state index contributed by atoms with van der Waals surface area (Å²) in [6.07, 6.45) is 0.386. The number of aromatic nitrogens is 2. The molecule has 0 bridgehead atoms. The molecule has 0 spiro atoms. The number of esters is 1. The maximum absolute atomic E-state index is 12.6. The van der Waals surface area contributed by atoms with Crippen molar-refractivity contribution in [3.8, 4) is 0 Å². The van der Waals surface area contributed by atoms with Crippen LogP contribution in [0.2, 0.25) is 0 Å². The molecule has 3 aromatic rings. The molecule has 3 heterocycles. The lowest BCUT2D eigenvalue weighted by molar-refractivity contribution is -0.123. The van der Waals surface area contributed by atoms with Gasteiger partial charge in [-0.05, 0) is 51.5 Å². The molecule has 0 aliphatic carbocycles. The highest BCUT2D eigenvalue weighted by atomic mass is 32.1. The van der Waals surface area contributed by atoms with Crippen molar-refractivity contribution in [3.05, 3.63) is 52.1 Å². The van der Waals surface area contributed by atoms with Crippen LogP contribution in [0.1, 0.15) is 44.1 Å². The number of carbonyl (C=O) groups is 3. The Hall–Kier alpha value is -3.40. The zero-order valence-electron chi connectivity index (χ0n) is 17.2. The zero-order valence-corrected chi connectivity index (χ0v) is 18.0. The third kappa shape index (κ3) is 4.43. The van der Waals surface area contributed by atoms with Gasteiger partial charge < -0.3 is 19.8 Å². The minimum Gasteiger partial charge on any atom is -0.459 e. The van der Waals surface area contributed by atoms with Crippen molar-refractivity contribution in [2.75, 3.05) is 10.6 Å². The predicted octanol–water partition coefficient (Wildman–Crippen LogP) is 3.44. The molecule has 158 valence electrons. The van der Waals surface area contributed by atoms with Crippen LogP contribution >= 0.6 is 11.3 Å². The van der Waals surface area contributed by atoms with Crippen LogP contribution in [-0.2, 0) is 16.6 Å². The second kappa shape index (κ2) is 8.54. The topological polar surface area (TPSA) is 115 Å². The van der Waals surface area contributed by atoms with Gasteiger partial charge in [0.05, 0.1) is 28.3 Å². The van der Waals surface area contributed by atoms with Crippen molar-refractivity contribution >= 4 is 39.8 Å². The number of furan rings is 1. The minimum atomic E-state index is -1.01. The first-order valence-corrected chi connectivity index (χ1v) is 9.96. The standard InChI is InChI=1S/C20H22N4O5S/c1-10-9-15(21-19(26)14-7-6-8-28-14)30-17(10)20(27)29-13(4)18(25)22-16-11(2)23-24(5)12(16)3/h6-9,13H,1-5H3,(H,21,26)(H,22,25). The molecule has 0 aromatic carbocycles. The molecule has 1 atom stereocenters. The molecule has 2 amide bonds.